The Morgan fingerprint density at radius 3 is 2.76 bits per heavy atom. The number of piperidine rings is 2. The zero-order chi connectivity index (χ0) is 20.6. The molecule has 0 bridgehead atoms. The Morgan fingerprint density at radius 2 is 2.03 bits per heavy atom. The Bertz CT molecular complexity index is 498. The molecular weight excluding hydrogens is 366 g/mol. The van der Waals surface area contributed by atoms with Crippen molar-refractivity contribution in [3.05, 3.63) is 0 Å². The predicted octanol–water partition coefficient (Wildman–Crippen LogP) is 3.21. The summed E-state index contributed by atoms with van der Waals surface area (Å²) in [6.45, 7) is 4.41. The molecule has 0 aromatic carbocycles. The molecule has 0 aromatic heterocycles. The first kappa shape index (κ1) is 23.0. The number of ether oxygens (including phenoxy) is 1. The van der Waals surface area contributed by atoms with Crippen LogP contribution in [0.5, 0.6) is 0 Å². The molecule has 1 saturated carbocycles. The lowest BCUT2D eigenvalue weighted by atomic mass is 9.71. The molecule has 168 valence electrons. The molecule has 29 heavy (non-hydrogen) atoms. The van der Waals surface area contributed by atoms with Gasteiger partial charge in [-0.15, -0.1) is 0 Å². The molecule has 1 aliphatic carbocycles. The second-order valence-electron chi connectivity index (χ2n) is 9.67. The van der Waals surface area contributed by atoms with Crippen molar-refractivity contribution in [2.24, 2.45) is 11.8 Å². The molecule has 0 spiro atoms. The van der Waals surface area contributed by atoms with Crippen LogP contribution in [0.3, 0.4) is 0 Å². The number of rotatable bonds is 10. The van der Waals surface area contributed by atoms with Crippen LogP contribution in [0, 0.1) is 11.8 Å². The summed E-state index contributed by atoms with van der Waals surface area (Å²) < 4.78 is 6.70. The van der Waals surface area contributed by atoms with Crippen LogP contribution in [0.1, 0.15) is 77.6 Å². The van der Waals surface area contributed by atoms with E-state index in [-0.39, 0.29) is 18.8 Å². The highest BCUT2D eigenvalue weighted by atomic mass is 16.5. The largest absolute Gasteiger partial charge is 0.480 e. The number of likely N-dealkylation sites (N-methyl/N-ethyl adjacent to an activating group) is 1. The van der Waals surface area contributed by atoms with Crippen LogP contribution in [0.15, 0.2) is 0 Å². The highest BCUT2D eigenvalue weighted by Crippen LogP contribution is 2.40. The molecule has 2 saturated heterocycles. The molecule has 2 aliphatic heterocycles. The van der Waals surface area contributed by atoms with Gasteiger partial charge in [0, 0.05) is 24.9 Å². The fourth-order valence-corrected chi connectivity index (χ4v) is 5.72. The Balaban J connectivity index is 1.61. The van der Waals surface area contributed by atoms with Gasteiger partial charge in [-0.3, -0.25) is 15.0 Å². The van der Waals surface area contributed by atoms with Crippen molar-refractivity contribution in [2.75, 3.05) is 26.7 Å². The summed E-state index contributed by atoms with van der Waals surface area (Å²) in [5, 5.41) is 16.5. The number of aliphatic carboxylic acids is 1. The van der Waals surface area contributed by atoms with E-state index in [1.54, 1.807) is 0 Å². The lowest BCUT2D eigenvalue weighted by molar-refractivity contribution is -0.141. The number of nitrogens with zero attached hydrogens (tertiary/aromatic N) is 1. The van der Waals surface area contributed by atoms with Crippen LogP contribution in [0.2, 0.25) is 0 Å². The van der Waals surface area contributed by atoms with Crippen molar-refractivity contribution < 1.29 is 14.6 Å². The minimum atomic E-state index is -0.763. The summed E-state index contributed by atoms with van der Waals surface area (Å²) in [6.07, 6.45) is 14.4. The quantitative estimate of drug-likeness (QED) is 0.481. The molecule has 3 aliphatic rings. The van der Waals surface area contributed by atoms with E-state index >= 15 is 0 Å². The maximum atomic E-state index is 11.2. The lowest BCUT2D eigenvalue weighted by Crippen LogP contribution is -2.62. The van der Waals surface area contributed by atoms with E-state index in [1.165, 1.54) is 57.8 Å². The van der Waals surface area contributed by atoms with Crippen molar-refractivity contribution >= 4 is 5.97 Å². The topological polar surface area (TPSA) is 73.8 Å². The maximum Gasteiger partial charge on any atom is 0.317 e. The van der Waals surface area contributed by atoms with Gasteiger partial charge in [0.15, 0.2) is 0 Å². The average molecular weight is 410 g/mol. The number of carboxylic acids is 1. The Morgan fingerprint density at radius 1 is 1.17 bits per heavy atom. The van der Waals surface area contributed by atoms with E-state index in [9.17, 15) is 9.90 Å². The molecule has 6 heteroatoms. The summed E-state index contributed by atoms with van der Waals surface area (Å²) in [5.74, 6) is 0.635. The summed E-state index contributed by atoms with van der Waals surface area (Å²) in [6, 6.07) is 0.457. The number of hydrogen-bond acceptors (Lipinski definition) is 5. The number of carbonyl (C=O) groups is 1. The lowest BCUT2D eigenvalue weighted by Gasteiger charge is -2.50. The van der Waals surface area contributed by atoms with Gasteiger partial charge >= 0.3 is 5.97 Å². The van der Waals surface area contributed by atoms with Crippen molar-refractivity contribution in [1.29, 1.82) is 0 Å². The zero-order valence-electron chi connectivity index (χ0n) is 18.6. The van der Waals surface area contributed by atoms with Crippen LogP contribution in [0.25, 0.3) is 0 Å². The van der Waals surface area contributed by atoms with Gasteiger partial charge in [-0.1, -0.05) is 39.0 Å². The first-order chi connectivity index (χ1) is 14.1. The molecule has 0 amide bonds. The Hall–Kier alpha value is -0.690. The third kappa shape index (κ3) is 6.91. The molecule has 3 N–H and O–H groups in total. The summed E-state index contributed by atoms with van der Waals surface area (Å²) >= 11 is 0. The molecule has 2 heterocycles. The molecule has 3 rings (SSSR count). The van der Waals surface area contributed by atoms with Gasteiger partial charge in [-0.25, -0.2) is 0 Å². The maximum absolute atomic E-state index is 11.2. The van der Waals surface area contributed by atoms with E-state index < -0.39 is 5.97 Å². The Kier molecular flexibility index (Phi) is 9.22. The van der Waals surface area contributed by atoms with Crippen LogP contribution >= 0.6 is 0 Å². The van der Waals surface area contributed by atoms with Crippen molar-refractivity contribution in [3.8, 4) is 0 Å². The van der Waals surface area contributed by atoms with E-state index in [2.05, 4.69) is 17.6 Å². The summed E-state index contributed by atoms with van der Waals surface area (Å²) in [4.78, 5) is 13.2. The molecule has 3 fully saturated rings. The van der Waals surface area contributed by atoms with Crippen LogP contribution in [-0.4, -0.2) is 67.1 Å². The van der Waals surface area contributed by atoms with Crippen LogP contribution in [0.4, 0.5) is 0 Å². The first-order valence-electron chi connectivity index (χ1n) is 12.1. The fourth-order valence-electron chi connectivity index (χ4n) is 5.72. The van der Waals surface area contributed by atoms with Crippen molar-refractivity contribution in [2.45, 2.75) is 102 Å². The third-order valence-corrected chi connectivity index (χ3v) is 7.35. The highest BCUT2D eigenvalue weighted by molar-refractivity contribution is 5.69. The van der Waals surface area contributed by atoms with Crippen LogP contribution < -0.4 is 10.6 Å². The normalized spacial score (nSPS) is 35.4. The van der Waals surface area contributed by atoms with Gasteiger partial charge in [-0.2, -0.15) is 0 Å². The van der Waals surface area contributed by atoms with Crippen molar-refractivity contribution in [3.63, 3.8) is 0 Å². The van der Waals surface area contributed by atoms with E-state index in [0.717, 1.165) is 31.8 Å². The first-order valence-corrected chi connectivity index (χ1v) is 12.1. The Labute approximate surface area is 177 Å². The van der Waals surface area contributed by atoms with Gasteiger partial charge in [0.05, 0.1) is 24.9 Å². The molecule has 6 nitrogen and oxygen atoms in total. The zero-order valence-corrected chi connectivity index (χ0v) is 18.6. The molecule has 6 unspecified atom stereocenters. The van der Waals surface area contributed by atoms with E-state index in [4.69, 9.17) is 4.74 Å². The monoisotopic (exact) mass is 409 g/mol. The molecular formula is C23H43N3O3. The predicted molar refractivity (Wildman–Crippen MR) is 116 cm³/mol. The molecule has 6 atom stereocenters. The second-order valence-corrected chi connectivity index (χ2v) is 9.67. The third-order valence-electron chi connectivity index (χ3n) is 7.35. The molecule has 0 radical (unpaired) electrons. The minimum Gasteiger partial charge on any atom is -0.480 e. The van der Waals surface area contributed by atoms with Gasteiger partial charge < -0.3 is 15.2 Å². The number of fused-ring (bicyclic) bond motifs is 1. The van der Waals surface area contributed by atoms with E-state index in [0.29, 0.717) is 18.1 Å². The number of carboxylic acid groups (broad SMARTS) is 1. The second kappa shape index (κ2) is 11.6. The fraction of sp³-hybridized carbons (Fsp3) is 0.957. The molecule has 0 aromatic rings. The minimum absolute atomic E-state index is 0.0762. The summed E-state index contributed by atoms with van der Waals surface area (Å²) in [7, 11) is 1.92. The smallest absolute Gasteiger partial charge is 0.317 e. The van der Waals surface area contributed by atoms with Gasteiger partial charge in [0.2, 0.25) is 0 Å². The number of hydrogen-bond donors (Lipinski definition) is 3. The SMILES string of the molecule is CCCCCCC1CCC2NC(N(C)CC(=O)O)CC(OC3CCCNC3)C2C1. The average Bonchev–Trinajstić information content (AvgIpc) is 2.71. The standard InChI is InChI=1S/C23H43N3O3/c1-3-4-5-6-8-17-10-11-20-19(13-17)21(29-18-9-7-12-24-15-18)14-22(25-20)26(2)16-23(27)28/h17-22,24-25H,3-16H2,1-2H3,(H,27,28). The summed E-state index contributed by atoms with van der Waals surface area (Å²) in [5.41, 5.74) is 0. The van der Waals surface area contributed by atoms with Gasteiger partial charge in [0.1, 0.15) is 0 Å². The van der Waals surface area contributed by atoms with Crippen molar-refractivity contribution in [1.82, 2.24) is 15.5 Å². The highest BCUT2D eigenvalue weighted by Gasteiger charge is 2.43. The van der Waals surface area contributed by atoms with Gasteiger partial charge in [0.25, 0.3) is 0 Å². The number of unbranched alkanes of at least 4 members (excludes halogenated alkanes) is 3. The van der Waals surface area contributed by atoms with Crippen LogP contribution in [-0.2, 0) is 9.53 Å². The number of nitrogens with one attached hydrogen (secondary N) is 2. The van der Waals surface area contributed by atoms with E-state index in [1.807, 2.05) is 11.9 Å². The van der Waals surface area contributed by atoms with Gasteiger partial charge in [-0.05, 0) is 51.6 Å².